The highest BCUT2D eigenvalue weighted by atomic mass is 32.1. The number of aromatic nitrogens is 2. The summed E-state index contributed by atoms with van der Waals surface area (Å²) in [6, 6.07) is 10.2. The van der Waals surface area contributed by atoms with Gasteiger partial charge in [0.1, 0.15) is 16.5 Å². The predicted octanol–water partition coefficient (Wildman–Crippen LogP) is 5.92. The van der Waals surface area contributed by atoms with Gasteiger partial charge in [0.15, 0.2) is 5.11 Å². The van der Waals surface area contributed by atoms with Gasteiger partial charge in [-0.25, -0.2) is 9.97 Å². The second-order valence-corrected chi connectivity index (χ2v) is 12.0. The molecule has 0 unspecified atom stereocenters. The molecule has 2 aliphatic rings. The summed E-state index contributed by atoms with van der Waals surface area (Å²) in [5, 5.41) is 5.50. The molecule has 1 atom stereocenters. The number of nitrogens with one attached hydrogen (secondary N) is 1. The second kappa shape index (κ2) is 9.42. The molecule has 2 aromatic heterocycles. The Morgan fingerprint density at radius 3 is 2.53 bits per heavy atom. The van der Waals surface area contributed by atoms with Gasteiger partial charge in [0.05, 0.1) is 5.39 Å². The summed E-state index contributed by atoms with van der Waals surface area (Å²) in [6.45, 7) is 12.9. The monoisotopic (exact) mass is 493 g/mol. The van der Waals surface area contributed by atoms with E-state index in [-0.39, 0.29) is 0 Å². The summed E-state index contributed by atoms with van der Waals surface area (Å²) in [7, 11) is 0. The Kier molecular flexibility index (Phi) is 6.51. The lowest BCUT2D eigenvalue weighted by atomic mass is 9.72. The van der Waals surface area contributed by atoms with Crippen LogP contribution in [0.5, 0.6) is 0 Å². The molecule has 0 saturated carbocycles. The number of hydrogen-bond acceptors (Lipinski definition) is 5. The third kappa shape index (κ3) is 4.65. The van der Waals surface area contributed by atoms with Crippen LogP contribution in [0.4, 0.5) is 11.5 Å². The Labute approximate surface area is 212 Å². The first-order valence-corrected chi connectivity index (χ1v) is 13.7. The standard InChI is InChI=1S/C27H35N5S2/c1-5-22-29-24(23-20-12-11-18(27(2,3)4)17-21(20)34-25(23)30-22)31-13-15-32(16-14-31)26(33)28-19-9-7-6-8-10-19/h6-10,18H,5,11-17H2,1-4H3,(H,28,33)/t18-/m0/s1. The van der Waals surface area contributed by atoms with Crippen LogP contribution in [0.3, 0.4) is 0 Å². The third-order valence-electron chi connectivity index (χ3n) is 7.37. The van der Waals surface area contributed by atoms with Crippen LogP contribution in [-0.2, 0) is 19.3 Å². The number of thiophene rings is 1. The summed E-state index contributed by atoms with van der Waals surface area (Å²) < 4.78 is 0. The maximum Gasteiger partial charge on any atom is 0.173 e. The van der Waals surface area contributed by atoms with Crippen molar-refractivity contribution < 1.29 is 0 Å². The van der Waals surface area contributed by atoms with Crippen LogP contribution in [0.15, 0.2) is 30.3 Å². The minimum atomic E-state index is 0.347. The van der Waals surface area contributed by atoms with E-state index in [1.165, 1.54) is 33.5 Å². The molecule has 3 aromatic rings. The van der Waals surface area contributed by atoms with Gasteiger partial charge >= 0.3 is 0 Å². The van der Waals surface area contributed by atoms with Crippen LogP contribution in [0.1, 0.15) is 50.4 Å². The molecule has 0 radical (unpaired) electrons. The highest BCUT2D eigenvalue weighted by Crippen LogP contribution is 2.45. The van der Waals surface area contributed by atoms with Gasteiger partial charge in [-0.2, -0.15) is 0 Å². The molecular weight excluding hydrogens is 458 g/mol. The Morgan fingerprint density at radius 2 is 1.85 bits per heavy atom. The Bertz CT molecular complexity index is 1170. The average molecular weight is 494 g/mol. The minimum absolute atomic E-state index is 0.347. The average Bonchev–Trinajstić information content (AvgIpc) is 3.21. The van der Waals surface area contributed by atoms with Crippen LogP contribution in [0.2, 0.25) is 0 Å². The van der Waals surface area contributed by atoms with Crippen molar-refractivity contribution in [2.45, 2.75) is 53.4 Å². The number of hydrogen-bond donors (Lipinski definition) is 1. The number of fused-ring (bicyclic) bond motifs is 3. The normalized spacial score (nSPS) is 18.8. The number of nitrogens with zero attached hydrogens (tertiary/aromatic N) is 4. The van der Waals surface area contributed by atoms with E-state index in [2.05, 4.69) is 54.9 Å². The SMILES string of the molecule is CCc1nc(N2CCN(C(=S)Nc3ccccc3)CC2)c2c3c(sc2n1)C[C@@H](C(C)(C)C)CC3. The van der Waals surface area contributed by atoms with Gasteiger partial charge in [0.25, 0.3) is 0 Å². The molecule has 5 rings (SSSR count). The Morgan fingerprint density at radius 1 is 1.12 bits per heavy atom. The molecule has 1 aliphatic heterocycles. The van der Waals surface area contributed by atoms with Crippen molar-refractivity contribution in [3.05, 3.63) is 46.6 Å². The summed E-state index contributed by atoms with van der Waals surface area (Å²) in [5.74, 6) is 2.84. The van der Waals surface area contributed by atoms with Gasteiger partial charge in [-0.3, -0.25) is 0 Å². The van der Waals surface area contributed by atoms with Crippen molar-refractivity contribution in [1.82, 2.24) is 14.9 Å². The Balaban J connectivity index is 1.38. The number of anilines is 2. The van der Waals surface area contributed by atoms with E-state index < -0.39 is 0 Å². The van der Waals surface area contributed by atoms with Crippen LogP contribution >= 0.6 is 23.6 Å². The second-order valence-electron chi connectivity index (χ2n) is 10.6. The zero-order chi connectivity index (χ0) is 23.9. The lowest BCUT2D eigenvalue weighted by molar-refractivity contribution is 0.218. The van der Waals surface area contributed by atoms with Gasteiger partial charge in [0, 0.05) is 43.2 Å². The van der Waals surface area contributed by atoms with Crippen molar-refractivity contribution >= 4 is 50.4 Å². The first kappa shape index (κ1) is 23.5. The fourth-order valence-corrected chi connectivity index (χ4v) is 6.79. The highest BCUT2D eigenvalue weighted by Gasteiger charge is 2.33. The van der Waals surface area contributed by atoms with Gasteiger partial charge in [-0.1, -0.05) is 45.9 Å². The number of thiocarbonyl (C=S) groups is 1. The van der Waals surface area contributed by atoms with E-state index in [1.807, 2.05) is 29.5 Å². The summed E-state index contributed by atoms with van der Waals surface area (Å²) in [6.07, 6.45) is 4.43. The van der Waals surface area contributed by atoms with Gasteiger partial charge in [-0.05, 0) is 60.5 Å². The molecule has 34 heavy (non-hydrogen) atoms. The fourth-order valence-electron chi connectivity index (χ4n) is 5.17. The Hall–Kier alpha value is -2.25. The van der Waals surface area contributed by atoms with Gasteiger partial charge < -0.3 is 15.1 Å². The molecule has 3 heterocycles. The van der Waals surface area contributed by atoms with Crippen molar-refractivity contribution in [2.24, 2.45) is 11.3 Å². The van der Waals surface area contributed by atoms with Crippen molar-refractivity contribution in [1.29, 1.82) is 0 Å². The third-order valence-corrected chi connectivity index (χ3v) is 8.88. The molecule has 1 N–H and O–H groups in total. The van der Waals surface area contributed by atoms with Crippen LogP contribution in [0.25, 0.3) is 10.2 Å². The van der Waals surface area contributed by atoms with Crippen molar-refractivity contribution in [3.63, 3.8) is 0 Å². The van der Waals surface area contributed by atoms with E-state index in [1.54, 1.807) is 0 Å². The zero-order valence-electron chi connectivity index (χ0n) is 20.7. The lowest BCUT2D eigenvalue weighted by Gasteiger charge is -2.37. The van der Waals surface area contributed by atoms with E-state index in [4.69, 9.17) is 22.2 Å². The van der Waals surface area contributed by atoms with E-state index >= 15 is 0 Å². The molecule has 0 amide bonds. The number of rotatable bonds is 3. The van der Waals surface area contributed by atoms with Crippen LogP contribution in [0, 0.1) is 11.3 Å². The summed E-state index contributed by atoms with van der Waals surface area (Å²) in [5.41, 5.74) is 2.90. The molecule has 1 saturated heterocycles. The van der Waals surface area contributed by atoms with E-state index in [0.717, 1.165) is 67.4 Å². The lowest BCUT2D eigenvalue weighted by Crippen LogP contribution is -2.50. The predicted molar refractivity (Wildman–Crippen MR) is 148 cm³/mol. The minimum Gasteiger partial charge on any atom is -0.352 e. The molecule has 7 heteroatoms. The van der Waals surface area contributed by atoms with Gasteiger partial charge in [-0.15, -0.1) is 11.3 Å². The summed E-state index contributed by atoms with van der Waals surface area (Å²) >= 11 is 7.62. The number of benzene rings is 1. The first-order chi connectivity index (χ1) is 16.3. The smallest absolute Gasteiger partial charge is 0.173 e. The first-order valence-electron chi connectivity index (χ1n) is 12.5. The molecule has 180 valence electrons. The molecule has 0 bridgehead atoms. The molecule has 1 aliphatic carbocycles. The fraction of sp³-hybridized carbons (Fsp3) is 0.519. The van der Waals surface area contributed by atoms with Gasteiger partial charge in [0.2, 0.25) is 0 Å². The summed E-state index contributed by atoms with van der Waals surface area (Å²) in [4.78, 5) is 17.5. The van der Waals surface area contributed by atoms with Crippen molar-refractivity contribution in [2.75, 3.05) is 36.4 Å². The molecule has 0 spiro atoms. The number of aryl methyl sites for hydroxylation is 2. The molecule has 1 aromatic carbocycles. The number of piperazine rings is 1. The topological polar surface area (TPSA) is 44.3 Å². The molecule has 1 fully saturated rings. The largest absolute Gasteiger partial charge is 0.352 e. The highest BCUT2D eigenvalue weighted by molar-refractivity contribution is 7.80. The number of para-hydroxylation sites is 1. The quantitative estimate of drug-likeness (QED) is 0.457. The van der Waals surface area contributed by atoms with E-state index in [9.17, 15) is 0 Å². The van der Waals surface area contributed by atoms with E-state index in [0.29, 0.717) is 5.41 Å². The van der Waals surface area contributed by atoms with Crippen molar-refractivity contribution in [3.8, 4) is 0 Å². The maximum absolute atomic E-state index is 5.71. The molecule has 5 nitrogen and oxygen atoms in total. The van der Waals surface area contributed by atoms with Crippen LogP contribution in [-0.4, -0.2) is 46.2 Å². The van der Waals surface area contributed by atoms with Crippen LogP contribution < -0.4 is 10.2 Å². The molecular formula is C27H35N5S2. The maximum atomic E-state index is 5.71. The zero-order valence-corrected chi connectivity index (χ0v) is 22.4.